The van der Waals surface area contributed by atoms with Gasteiger partial charge in [-0.15, -0.1) is 0 Å². The van der Waals surface area contributed by atoms with Crippen LogP contribution in [0.2, 0.25) is 0 Å². The molecule has 1 heterocycles. The molecule has 1 aliphatic heterocycles. The number of carboxylic acids is 1. The fraction of sp³-hybridized carbons (Fsp3) is 0.800. The van der Waals surface area contributed by atoms with Crippen LogP contribution in [0.15, 0.2) is 0 Å². The lowest BCUT2D eigenvalue weighted by atomic mass is 10.0. The number of hydrogen-bond acceptors (Lipinski definition) is 3. The number of likely N-dealkylation sites (tertiary alicyclic amines) is 1. The molecule has 0 radical (unpaired) electrons. The molecule has 6 heteroatoms. The maximum atomic E-state index is 11.6. The van der Waals surface area contributed by atoms with E-state index in [0.717, 1.165) is 12.8 Å². The number of carbonyl (C=O) groups excluding carboxylic acids is 1. The van der Waals surface area contributed by atoms with E-state index in [-0.39, 0.29) is 12.1 Å². The molecule has 16 heavy (non-hydrogen) atoms. The van der Waals surface area contributed by atoms with Crippen molar-refractivity contribution >= 4 is 12.0 Å². The summed E-state index contributed by atoms with van der Waals surface area (Å²) < 4.78 is 0. The van der Waals surface area contributed by atoms with Crippen molar-refractivity contribution in [3.8, 4) is 0 Å². The number of amides is 2. The van der Waals surface area contributed by atoms with Crippen LogP contribution in [0.1, 0.15) is 26.7 Å². The Hall–Kier alpha value is -1.30. The topological polar surface area (TPSA) is 78.9 Å². The second-order valence-corrected chi connectivity index (χ2v) is 4.24. The van der Waals surface area contributed by atoms with Crippen LogP contribution in [-0.2, 0) is 9.63 Å². The first-order valence-corrected chi connectivity index (χ1v) is 5.42. The van der Waals surface area contributed by atoms with E-state index in [9.17, 15) is 9.59 Å². The fourth-order valence-electron chi connectivity index (χ4n) is 1.96. The highest BCUT2D eigenvalue weighted by Crippen LogP contribution is 2.23. The maximum absolute atomic E-state index is 11.6. The predicted octanol–water partition coefficient (Wildman–Crippen LogP) is 0.833. The zero-order valence-corrected chi connectivity index (χ0v) is 9.60. The first-order chi connectivity index (χ1) is 7.52. The van der Waals surface area contributed by atoms with Gasteiger partial charge in [0.15, 0.2) is 6.61 Å². The third-order valence-corrected chi connectivity index (χ3v) is 2.68. The van der Waals surface area contributed by atoms with Gasteiger partial charge in [0.2, 0.25) is 0 Å². The van der Waals surface area contributed by atoms with Crippen molar-refractivity contribution in [1.29, 1.82) is 0 Å². The molecule has 6 nitrogen and oxygen atoms in total. The van der Waals surface area contributed by atoms with Crippen LogP contribution in [0.25, 0.3) is 0 Å². The number of carboxylic acid groups (broad SMARTS) is 1. The molecule has 1 saturated heterocycles. The van der Waals surface area contributed by atoms with E-state index in [1.165, 1.54) is 0 Å². The van der Waals surface area contributed by atoms with E-state index >= 15 is 0 Å². The molecule has 1 fully saturated rings. The zero-order valence-electron chi connectivity index (χ0n) is 9.60. The first-order valence-electron chi connectivity index (χ1n) is 5.42. The monoisotopic (exact) mass is 230 g/mol. The third-order valence-electron chi connectivity index (χ3n) is 2.68. The summed E-state index contributed by atoms with van der Waals surface area (Å²) in [7, 11) is 0. The minimum Gasteiger partial charge on any atom is -0.479 e. The standard InChI is InChI=1S/C10H18N2O4/c1-7(2)8-4-3-5-12(8)10(15)11-16-6-9(13)14/h7-8H,3-6H2,1-2H3,(H,11,15)(H,13,14). The van der Waals surface area contributed by atoms with Crippen LogP contribution >= 0.6 is 0 Å². The van der Waals surface area contributed by atoms with Crippen molar-refractivity contribution in [2.75, 3.05) is 13.2 Å². The molecule has 2 N–H and O–H groups in total. The molecule has 0 aromatic carbocycles. The number of nitrogens with zero attached hydrogens (tertiary/aromatic N) is 1. The molecular weight excluding hydrogens is 212 g/mol. The second-order valence-electron chi connectivity index (χ2n) is 4.24. The molecule has 0 aromatic rings. The van der Waals surface area contributed by atoms with Crippen molar-refractivity contribution < 1.29 is 19.5 Å². The number of carbonyl (C=O) groups is 2. The van der Waals surface area contributed by atoms with Gasteiger partial charge in [-0.3, -0.25) is 4.84 Å². The second kappa shape index (κ2) is 5.69. The zero-order chi connectivity index (χ0) is 12.1. The van der Waals surface area contributed by atoms with Gasteiger partial charge in [0.1, 0.15) is 0 Å². The molecule has 1 atom stereocenters. The molecule has 0 bridgehead atoms. The predicted molar refractivity (Wildman–Crippen MR) is 56.7 cm³/mol. The summed E-state index contributed by atoms with van der Waals surface area (Å²) in [6, 6.07) is -0.133. The molecule has 1 unspecified atom stereocenters. The first kappa shape index (κ1) is 12.8. The normalized spacial score (nSPS) is 20.2. The minimum absolute atomic E-state index is 0.216. The quantitative estimate of drug-likeness (QED) is 0.701. The fourth-order valence-corrected chi connectivity index (χ4v) is 1.96. The van der Waals surface area contributed by atoms with E-state index < -0.39 is 12.6 Å². The summed E-state index contributed by atoms with van der Waals surface area (Å²) in [6.45, 7) is 4.31. The minimum atomic E-state index is -1.11. The lowest BCUT2D eigenvalue weighted by Crippen LogP contribution is -2.45. The Morgan fingerprint density at radius 1 is 1.56 bits per heavy atom. The summed E-state index contributed by atoms with van der Waals surface area (Å²) in [5.41, 5.74) is 2.15. The molecule has 0 aliphatic carbocycles. The SMILES string of the molecule is CC(C)C1CCCN1C(=O)NOCC(=O)O. The van der Waals surface area contributed by atoms with Crippen molar-refractivity contribution in [1.82, 2.24) is 10.4 Å². The summed E-state index contributed by atoms with van der Waals surface area (Å²) in [5.74, 6) is -0.713. The van der Waals surface area contributed by atoms with Crippen molar-refractivity contribution in [2.24, 2.45) is 5.92 Å². The van der Waals surface area contributed by atoms with Gasteiger partial charge in [0, 0.05) is 12.6 Å². The Morgan fingerprint density at radius 2 is 2.25 bits per heavy atom. The Balaban J connectivity index is 2.38. The Labute approximate surface area is 94.5 Å². The van der Waals surface area contributed by atoms with Crippen molar-refractivity contribution in [3.63, 3.8) is 0 Å². The Bertz CT molecular complexity index is 268. The van der Waals surface area contributed by atoms with Gasteiger partial charge in [-0.1, -0.05) is 13.8 Å². The molecule has 1 rings (SSSR count). The van der Waals surface area contributed by atoms with E-state index in [1.807, 2.05) is 0 Å². The average Bonchev–Trinajstić information content (AvgIpc) is 2.65. The molecule has 2 amide bonds. The van der Waals surface area contributed by atoms with E-state index in [4.69, 9.17) is 5.11 Å². The Morgan fingerprint density at radius 3 is 2.81 bits per heavy atom. The molecule has 1 aliphatic rings. The van der Waals surface area contributed by atoms with Crippen LogP contribution in [-0.4, -0.2) is 41.2 Å². The van der Waals surface area contributed by atoms with Gasteiger partial charge in [-0.2, -0.15) is 0 Å². The van der Waals surface area contributed by atoms with Crippen LogP contribution < -0.4 is 5.48 Å². The summed E-state index contributed by atoms with van der Waals surface area (Å²) in [6.07, 6.45) is 1.97. The number of aliphatic carboxylic acids is 1. The number of hydroxylamine groups is 1. The van der Waals surface area contributed by atoms with Crippen LogP contribution in [0, 0.1) is 5.92 Å². The van der Waals surface area contributed by atoms with E-state index in [0.29, 0.717) is 12.5 Å². The highest BCUT2D eigenvalue weighted by atomic mass is 16.7. The lowest BCUT2D eigenvalue weighted by Gasteiger charge is -2.27. The summed E-state index contributed by atoms with van der Waals surface area (Å²) >= 11 is 0. The molecule has 0 saturated carbocycles. The number of hydrogen-bond donors (Lipinski definition) is 2. The van der Waals surface area contributed by atoms with Gasteiger partial charge in [0.25, 0.3) is 0 Å². The smallest absolute Gasteiger partial charge is 0.341 e. The van der Waals surface area contributed by atoms with Gasteiger partial charge >= 0.3 is 12.0 Å². The van der Waals surface area contributed by atoms with E-state index in [2.05, 4.69) is 24.2 Å². The van der Waals surface area contributed by atoms with Crippen molar-refractivity contribution in [3.05, 3.63) is 0 Å². The number of urea groups is 1. The van der Waals surface area contributed by atoms with Crippen LogP contribution in [0.3, 0.4) is 0 Å². The lowest BCUT2D eigenvalue weighted by molar-refractivity contribution is -0.144. The largest absolute Gasteiger partial charge is 0.479 e. The highest BCUT2D eigenvalue weighted by Gasteiger charge is 2.30. The van der Waals surface area contributed by atoms with Gasteiger partial charge in [-0.25, -0.2) is 15.1 Å². The Kier molecular flexibility index (Phi) is 4.54. The third kappa shape index (κ3) is 3.37. The maximum Gasteiger partial charge on any atom is 0.341 e. The average molecular weight is 230 g/mol. The number of rotatable bonds is 4. The molecule has 0 spiro atoms. The van der Waals surface area contributed by atoms with Gasteiger partial charge in [-0.05, 0) is 18.8 Å². The van der Waals surface area contributed by atoms with E-state index in [1.54, 1.807) is 4.90 Å². The van der Waals surface area contributed by atoms with Crippen LogP contribution in [0.5, 0.6) is 0 Å². The number of nitrogens with one attached hydrogen (secondary N) is 1. The van der Waals surface area contributed by atoms with Crippen molar-refractivity contribution in [2.45, 2.75) is 32.7 Å². The molecule has 92 valence electrons. The summed E-state index contributed by atoms with van der Waals surface area (Å²) in [4.78, 5) is 28.1. The van der Waals surface area contributed by atoms with Gasteiger partial charge < -0.3 is 10.0 Å². The molecular formula is C10H18N2O4. The summed E-state index contributed by atoms with van der Waals surface area (Å²) in [5, 5.41) is 8.34. The molecule has 0 aromatic heterocycles. The highest BCUT2D eigenvalue weighted by molar-refractivity contribution is 5.74. The van der Waals surface area contributed by atoms with Crippen LogP contribution in [0.4, 0.5) is 4.79 Å². The van der Waals surface area contributed by atoms with Gasteiger partial charge in [0.05, 0.1) is 0 Å².